The Morgan fingerprint density at radius 1 is 0.288 bits per heavy atom. The number of aryl methyl sites for hydroxylation is 4. The first-order valence-corrected chi connectivity index (χ1v) is 39.3. The van der Waals surface area contributed by atoms with Crippen molar-refractivity contribution >= 4 is 73.7 Å². The van der Waals surface area contributed by atoms with Gasteiger partial charge in [-0.1, -0.05) is 129 Å². The number of halogens is 2. The van der Waals surface area contributed by atoms with Crippen LogP contribution in [-0.2, 0) is 122 Å². The number of hydrogen-bond acceptors (Lipinski definition) is 46. The Morgan fingerprint density at radius 2 is 0.386 bits per heavy atom. The van der Waals surface area contributed by atoms with Gasteiger partial charge in [0.25, 0.3) is 0 Å². The van der Waals surface area contributed by atoms with Crippen molar-refractivity contribution in [3.05, 3.63) is 135 Å². The van der Waals surface area contributed by atoms with Gasteiger partial charge in [0.2, 0.25) is 0 Å². The molecular weight excluding hydrogens is 2060 g/mol. The molecule has 46 nitrogen and oxygen atoms in total. The average molecular weight is 2170 g/mol. The second-order valence-corrected chi connectivity index (χ2v) is 27.3. The van der Waals surface area contributed by atoms with Crippen LogP contribution in [0.4, 0.5) is 0 Å². The largest absolute Gasteiger partial charge is 3.00 e. The van der Waals surface area contributed by atoms with Crippen LogP contribution in [0.5, 0.6) is 23.0 Å². The van der Waals surface area contributed by atoms with Crippen LogP contribution >= 0.6 is 0 Å². The second-order valence-electron chi connectivity index (χ2n) is 25.8. The van der Waals surface area contributed by atoms with Crippen molar-refractivity contribution in [3.63, 3.8) is 0 Å². The standard InChI is InChI=1S/2C19H28N2O5.2C14H18NO4.4C3H6O2.2ClHO4.6Mn.2O2.2H2O/c2*1-4-18(10-22,11-23)20-8-15-6-14(3)7-16(17(15)26)9-21-19(5-2,12-24)13-25;2*1-3-14(8-17,9-18)15-6-11-4-10(2)5-12(7-16)13(11)19;4*1-2-3(4)5;2*2-1(3,4)5;;;;;;;2*1-2;;/h2*6-9,22,24,26H,4-5,10-13H2,1-3H3;2*4-7,17,19H,3,8-9H2,1-2H3;4*2H2,1H3,(H,4,5);2*(H,2,3,4,5);;;;;;;;;2*1H2/q2*-2;2*-1;;;;;;;6*+3;;;;/p-12/t2*18-,19+;2*14-;;;;;;;;;;;;;;;;/m..00................/s1. The second kappa shape index (κ2) is 89.5. The summed E-state index contributed by atoms with van der Waals surface area (Å²) in [5.41, 5.74) is -1.92. The third-order valence-electron chi connectivity index (χ3n) is 16.8. The number of aliphatic carboxylic acids is 4. The fourth-order valence-electron chi connectivity index (χ4n) is 7.88. The van der Waals surface area contributed by atoms with E-state index in [1.807, 2.05) is 0 Å². The normalized spacial score (nSPS) is 12.9. The molecule has 4 aromatic carbocycles. The van der Waals surface area contributed by atoms with E-state index in [4.69, 9.17) is 57.1 Å². The number of rotatable bonds is 36. The molecule has 0 amide bonds. The van der Waals surface area contributed by atoms with Crippen molar-refractivity contribution in [1.82, 2.24) is 0 Å². The van der Waals surface area contributed by atoms with Gasteiger partial charge in [-0.05, 0) is 160 Å². The number of aliphatic imine (C=N–C) groups is 6. The molecule has 0 unspecified atom stereocenters. The molecule has 0 aromatic heterocycles. The van der Waals surface area contributed by atoms with Crippen LogP contribution in [0.15, 0.2) is 78.5 Å². The number of aliphatic hydroxyl groups is 6. The number of benzene rings is 4. The number of aliphatic hydroxyl groups excluding tert-OH is 6. The summed E-state index contributed by atoms with van der Waals surface area (Å²) < 4.78 is 67.9. The zero-order chi connectivity index (χ0) is 98.7. The maximum Gasteiger partial charge on any atom is 3.00 e. The summed E-state index contributed by atoms with van der Waals surface area (Å²) in [4.78, 5) is 111. The van der Waals surface area contributed by atoms with E-state index in [2.05, 4.69) is 30.0 Å². The predicted octanol–water partition coefficient (Wildman–Crippen LogP) is -15.7. The predicted molar refractivity (Wildman–Crippen MR) is 407 cm³/mol. The van der Waals surface area contributed by atoms with Gasteiger partial charge in [-0.2, -0.15) is 0 Å². The summed E-state index contributed by atoms with van der Waals surface area (Å²) in [6.07, 6.45) is 11.5. The van der Waals surface area contributed by atoms with Gasteiger partial charge in [-0.25, -0.2) is 37.3 Å². The molecule has 0 saturated carbocycles. The summed E-state index contributed by atoms with van der Waals surface area (Å²) in [7, 11) is -9.89. The van der Waals surface area contributed by atoms with Gasteiger partial charge in [0.15, 0.2) is 0 Å². The van der Waals surface area contributed by atoms with Crippen molar-refractivity contribution in [2.24, 2.45) is 30.0 Å². The summed E-state index contributed by atoms with van der Waals surface area (Å²) in [5, 5.41) is 210. The van der Waals surface area contributed by atoms with Gasteiger partial charge in [-0.15, -0.1) is 60.1 Å². The van der Waals surface area contributed by atoms with Crippen molar-refractivity contribution in [2.45, 2.75) is 194 Å². The van der Waals surface area contributed by atoms with Gasteiger partial charge >= 0.3 is 102 Å². The Bertz CT molecular complexity index is 3430. The minimum absolute atomic E-state index is 0. The maximum absolute atomic E-state index is 12.6. The maximum atomic E-state index is 12.6. The molecule has 0 aliphatic rings. The van der Waals surface area contributed by atoms with Crippen LogP contribution in [-0.4, -0.2) is 228 Å². The third kappa shape index (κ3) is 72.7. The molecule has 4 rings (SSSR count). The monoisotopic (exact) mass is 2170 g/mol. The molecule has 0 bridgehead atoms. The Labute approximate surface area is 831 Å². The van der Waals surface area contributed by atoms with Crippen LogP contribution in [0, 0.1) is 68.0 Å². The molecule has 132 heavy (non-hydrogen) atoms. The van der Waals surface area contributed by atoms with E-state index in [0.29, 0.717) is 51.1 Å². The van der Waals surface area contributed by atoms with Gasteiger partial charge in [0, 0.05) is 92.2 Å². The van der Waals surface area contributed by atoms with E-state index >= 15 is 0 Å². The van der Waals surface area contributed by atoms with E-state index in [-0.39, 0.29) is 208 Å². The topological polar surface area (TPSA) is 934 Å². The van der Waals surface area contributed by atoms with Crippen molar-refractivity contribution in [2.75, 3.05) is 79.3 Å². The zero-order valence-electron chi connectivity index (χ0n) is 74.1. The molecule has 6 atom stereocenters. The van der Waals surface area contributed by atoms with Crippen molar-refractivity contribution in [3.8, 4) is 23.0 Å². The van der Waals surface area contributed by atoms with E-state index in [1.165, 1.54) is 77.1 Å². The van der Waals surface area contributed by atoms with Crippen LogP contribution in [0.2, 0.25) is 0 Å². The van der Waals surface area contributed by atoms with Crippen LogP contribution in [0.1, 0.15) is 210 Å². The quantitative estimate of drug-likeness (QED) is 0.0140. The summed E-state index contributed by atoms with van der Waals surface area (Å²) >= 11 is 0. The smallest absolute Gasteiger partial charge is 0.872 e. The Hall–Kier alpha value is -6.66. The van der Waals surface area contributed by atoms with E-state index in [1.54, 1.807) is 106 Å². The first-order chi connectivity index (χ1) is 57.8. The first kappa shape index (κ1) is 162. The molecule has 0 heterocycles. The Morgan fingerprint density at radius 3 is 0.462 bits per heavy atom. The summed E-state index contributed by atoms with van der Waals surface area (Å²) in [5.74, 6) is -5.50. The molecule has 748 valence electrons. The van der Waals surface area contributed by atoms with Gasteiger partial charge in [0.05, 0.1) is 72.9 Å². The minimum Gasteiger partial charge on any atom is -0.872 e. The molecule has 0 aliphatic carbocycles. The molecule has 4 aromatic rings. The van der Waals surface area contributed by atoms with Gasteiger partial charge < -0.3 is 132 Å². The average Bonchev–Trinajstić information content (AvgIpc) is 0.819. The molecule has 0 aliphatic heterocycles. The molecule has 8 N–H and O–H groups in total. The molecule has 0 fully saturated rings. The number of carbonyl (C=O) groups excluding carboxylic acids is 6. The minimum atomic E-state index is -4.94. The summed E-state index contributed by atoms with van der Waals surface area (Å²) in [6, 6.07) is 12.7. The fraction of sp³-hybridized carbons (Fsp3) is 0.538. The van der Waals surface area contributed by atoms with E-state index in [9.17, 15) is 131 Å². The number of hydrogen-bond donors (Lipinski definition) is 6. The van der Waals surface area contributed by atoms with Gasteiger partial charge in [0.1, 0.15) is 12.6 Å². The number of aldehydes is 2. The molecule has 0 spiro atoms. The number of carboxylic acid groups (broad SMARTS) is 4. The molecule has 0 radical (unpaired) electrons. The molecular formula is C78H110Cl2Mn6N6O40. The molecule has 0 saturated heterocycles. The van der Waals surface area contributed by atoms with Crippen LogP contribution in [0.3, 0.4) is 0 Å². The van der Waals surface area contributed by atoms with Crippen molar-refractivity contribution < 1.29 is 302 Å². The summed E-state index contributed by atoms with van der Waals surface area (Å²) in [6.45, 7) is 18.0. The molecule has 54 heteroatoms. The third-order valence-corrected chi connectivity index (χ3v) is 16.8. The van der Waals surface area contributed by atoms with Crippen LogP contribution < -0.4 is 109 Å². The SMILES string of the molecule is CCC(=O)[O-].CCC(=O)[O-].CCC(=O)[O-].CCC(=O)[O-].CC[C@@](C[O-])(CO)N=Cc1cc(C)cc(C=O)c1[O-].CC[C@@](C[O-])(CO)N=Cc1cc(C)cc(C=O)c1[O-].CC[C@](C[O-])(CO)N=Cc1cc(C)cc(C=N[C@](CC)(C[O-])CO)c1[O-].CC[C@](C[O-])(CO)N=Cc1cc(C)cc(C=N[C@](CC)(C[O-])CO)c1[O-].O=O.O=O.[Mn+3].[Mn+3].[Mn+3].[Mn+3].[Mn+3].[Mn+3].[O-][Cl+3]([O-])([O-])[O-].[O-][Cl+3]([O-])([O-])[O-].[OH-].[OH-]. The van der Waals surface area contributed by atoms with Crippen LogP contribution in [0.25, 0.3) is 0 Å². The van der Waals surface area contributed by atoms with E-state index < -0.39 is 155 Å². The number of carbonyl (C=O) groups is 6. The van der Waals surface area contributed by atoms with E-state index in [0.717, 1.165) is 22.3 Å². The zero-order valence-corrected chi connectivity index (χ0v) is 82.7. The fourth-order valence-corrected chi connectivity index (χ4v) is 7.88. The number of nitrogens with zero attached hydrogens (tertiary/aromatic N) is 6. The van der Waals surface area contributed by atoms with Crippen molar-refractivity contribution in [1.29, 1.82) is 0 Å². The first-order valence-electron chi connectivity index (χ1n) is 36.8. The Kier molecular flexibility index (Phi) is 110. The van der Waals surface area contributed by atoms with Gasteiger partial charge in [-0.3, -0.25) is 39.5 Å². The Balaban J connectivity index is -0.0000000854. The number of carboxylic acids is 4.